The number of carbonyl (C=O) groups excluding carboxylic acids is 1. The lowest BCUT2D eigenvalue weighted by Gasteiger charge is -2.12. The maximum atomic E-state index is 14.9. The summed E-state index contributed by atoms with van der Waals surface area (Å²) in [6, 6.07) is 15.3. The lowest BCUT2D eigenvalue weighted by molar-refractivity contribution is 0.112. The molecule has 4 aromatic carbocycles. The van der Waals surface area contributed by atoms with Crippen LogP contribution in [0.1, 0.15) is 35.7 Å². The van der Waals surface area contributed by atoms with Gasteiger partial charge in [0.2, 0.25) is 0 Å². The van der Waals surface area contributed by atoms with Crippen LogP contribution in [0.3, 0.4) is 0 Å². The van der Waals surface area contributed by atoms with E-state index in [1.165, 1.54) is 17.7 Å². The summed E-state index contributed by atoms with van der Waals surface area (Å²) in [5.41, 5.74) is 2.46. The lowest BCUT2D eigenvalue weighted by atomic mass is 9.92. The molecule has 1 nitrogen and oxygen atoms in total. The maximum absolute atomic E-state index is 14.9. The molecule has 0 bridgehead atoms. The average molecular weight is 436 g/mol. The molecule has 0 N–H and O–H groups in total. The van der Waals surface area contributed by atoms with E-state index in [0.29, 0.717) is 16.7 Å². The van der Waals surface area contributed by atoms with E-state index >= 15 is 0 Å². The van der Waals surface area contributed by atoms with Gasteiger partial charge >= 0.3 is 0 Å². The van der Waals surface area contributed by atoms with Crippen molar-refractivity contribution in [2.45, 2.75) is 26.2 Å². The summed E-state index contributed by atoms with van der Waals surface area (Å²) in [7, 11) is 0. The SMILES string of the molecule is CCCCc1ccc2c(C=O)c(-c3ccc(-c4cc(F)c(F)c(F)c4)c(F)c3)ccc2c1. The van der Waals surface area contributed by atoms with E-state index in [4.69, 9.17) is 0 Å². The number of carbonyl (C=O) groups is 1. The average Bonchev–Trinajstić information content (AvgIpc) is 2.79. The van der Waals surface area contributed by atoms with E-state index in [1.54, 1.807) is 12.1 Å². The summed E-state index contributed by atoms with van der Waals surface area (Å²) in [4.78, 5) is 11.9. The molecule has 0 atom stereocenters. The van der Waals surface area contributed by atoms with Gasteiger partial charge in [-0.15, -0.1) is 0 Å². The fourth-order valence-electron chi connectivity index (χ4n) is 3.95. The van der Waals surface area contributed by atoms with Gasteiger partial charge in [-0.05, 0) is 64.1 Å². The molecule has 0 spiro atoms. The molecule has 0 radical (unpaired) electrons. The van der Waals surface area contributed by atoms with Crippen molar-refractivity contribution in [1.82, 2.24) is 0 Å². The zero-order valence-electron chi connectivity index (χ0n) is 17.4. The Labute approximate surface area is 183 Å². The molecule has 0 saturated heterocycles. The van der Waals surface area contributed by atoms with Crippen molar-refractivity contribution in [3.05, 3.63) is 95.1 Å². The Hall–Kier alpha value is -3.47. The minimum absolute atomic E-state index is 0.0689. The summed E-state index contributed by atoms with van der Waals surface area (Å²) in [6.45, 7) is 2.13. The van der Waals surface area contributed by atoms with Gasteiger partial charge in [0.15, 0.2) is 23.7 Å². The van der Waals surface area contributed by atoms with Crippen LogP contribution in [-0.2, 0) is 6.42 Å². The molecular weight excluding hydrogens is 416 g/mol. The molecule has 4 rings (SSSR count). The Morgan fingerprint density at radius 3 is 2.09 bits per heavy atom. The van der Waals surface area contributed by atoms with Crippen molar-refractivity contribution in [1.29, 1.82) is 0 Å². The first-order valence-electron chi connectivity index (χ1n) is 10.4. The third-order valence-electron chi connectivity index (χ3n) is 5.64. The number of unbranched alkanes of at least 4 members (excludes halogenated alkanes) is 1. The second-order valence-corrected chi connectivity index (χ2v) is 7.75. The highest BCUT2D eigenvalue weighted by atomic mass is 19.2. The van der Waals surface area contributed by atoms with Crippen LogP contribution in [0.4, 0.5) is 17.6 Å². The van der Waals surface area contributed by atoms with E-state index < -0.39 is 23.3 Å². The molecule has 0 heterocycles. The number of fused-ring (bicyclic) bond motifs is 1. The second kappa shape index (κ2) is 8.95. The Kier molecular flexibility index (Phi) is 6.08. The van der Waals surface area contributed by atoms with Crippen LogP contribution in [0.2, 0.25) is 0 Å². The molecule has 0 aliphatic heterocycles. The van der Waals surface area contributed by atoms with Gasteiger partial charge in [0.1, 0.15) is 5.82 Å². The minimum atomic E-state index is -1.60. The van der Waals surface area contributed by atoms with Gasteiger partial charge < -0.3 is 0 Å². The number of hydrogen-bond acceptors (Lipinski definition) is 1. The number of halogens is 4. The predicted octanol–water partition coefficient (Wildman–Crippen LogP) is 7.89. The Morgan fingerprint density at radius 1 is 0.750 bits per heavy atom. The van der Waals surface area contributed by atoms with Crippen molar-refractivity contribution >= 4 is 17.1 Å². The van der Waals surface area contributed by atoms with E-state index in [2.05, 4.69) is 13.0 Å². The van der Waals surface area contributed by atoms with Crippen molar-refractivity contribution < 1.29 is 22.4 Å². The van der Waals surface area contributed by atoms with E-state index in [-0.39, 0.29) is 11.1 Å². The topological polar surface area (TPSA) is 17.1 Å². The van der Waals surface area contributed by atoms with Crippen LogP contribution >= 0.6 is 0 Å². The molecular formula is C27H20F4O. The third kappa shape index (κ3) is 4.03. The number of rotatable bonds is 6. The van der Waals surface area contributed by atoms with Gasteiger partial charge in [-0.2, -0.15) is 0 Å². The van der Waals surface area contributed by atoms with Crippen molar-refractivity contribution in [2.24, 2.45) is 0 Å². The van der Waals surface area contributed by atoms with Crippen molar-refractivity contribution in [3.63, 3.8) is 0 Å². The first-order valence-corrected chi connectivity index (χ1v) is 10.4. The number of hydrogen-bond donors (Lipinski definition) is 0. The molecule has 0 fully saturated rings. The highest BCUT2D eigenvalue weighted by Crippen LogP contribution is 2.33. The van der Waals surface area contributed by atoms with Crippen LogP contribution < -0.4 is 0 Å². The predicted molar refractivity (Wildman–Crippen MR) is 119 cm³/mol. The summed E-state index contributed by atoms with van der Waals surface area (Å²) in [5.74, 6) is -5.12. The molecule has 162 valence electrons. The summed E-state index contributed by atoms with van der Waals surface area (Å²) in [5, 5.41) is 1.70. The summed E-state index contributed by atoms with van der Waals surface area (Å²) < 4.78 is 55.3. The second-order valence-electron chi connectivity index (χ2n) is 7.75. The fraction of sp³-hybridized carbons (Fsp3) is 0.148. The van der Waals surface area contributed by atoms with Crippen LogP contribution in [0.25, 0.3) is 33.0 Å². The zero-order chi connectivity index (χ0) is 22.8. The molecule has 0 saturated carbocycles. The molecule has 32 heavy (non-hydrogen) atoms. The highest BCUT2D eigenvalue weighted by Gasteiger charge is 2.16. The summed E-state index contributed by atoms with van der Waals surface area (Å²) >= 11 is 0. The molecule has 4 aromatic rings. The zero-order valence-corrected chi connectivity index (χ0v) is 17.4. The maximum Gasteiger partial charge on any atom is 0.194 e. The fourth-order valence-corrected chi connectivity index (χ4v) is 3.95. The first kappa shape index (κ1) is 21.8. The Morgan fingerprint density at radius 2 is 1.44 bits per heavy atom. The van der Waals surface area contributed by atoms with Gasteiger partial charge in [-0.25, -0.2) is 17.6 Å². The number of benzene rings is 4. The molecule has 0 amide bonds. The number of aryl methyl sites for hydroxylation is 1. The molecule has 5 heteroatoms. The third-order valence-corrected chi connectivity index (χ3v) is 5.64. The Bertz CT molecular complexity index is 1300. The van der Waals surface area contributed by atoms with Crippen LogP contribution in [0.15, 0.2) is 60.7 Å². The van der Waals surface area contributed by atoms with Crippen LogP contribution in [0.5, 0.6) is 0 Å². The first-order chi connectivity index (χ1) is 15.4. The normalized spacial score (nSPS) is 11.2. The quantitative estimate of drug-likeness (QED) is 0.171. The van der Waals surface area contributed by atoms with Gasteiger partial charge in [0.05, 0.1) is 0 Å². The Balaban J connectivity index is 1.77. The minimum Gasteiger partial charge on any atom is -0.298 e. The van der Waals surface area contributed by atoms with Crippen LogP contribution in [-0.4, -0.2) is 6.29 Å². The smallest absolute Gasteiger partial charge is 0.194 e. The van der Waals surface area contributed by atoms with Gasteiger partial charge in [-0.3, -0.25) is 4.79 Å². The largest absolute Gasteiger partial charge is 0.298 e. The summed E-state index contributed by atoms with van der Waals surface area (Å²) in [6.07, 6.45) is 3.88. The van der Waals surface area contributed by atoms with Crippen molar-refractivity contribution in [3.8, 4) is 22.3 Å². The molecule has 0 aromatic heterocycles. The van der Waals surface area contributed by atoms with Gasteiger partial charge in [0.25, 0.3) is 0 Å². The molecule has 0 aliphatic rings. The molecule has 0 unspecified atom stereocenters. The standard InChI is InChI=1S/C27H20F4O/c1-2-3-4-16-5-8-20-17(11-16)6-9-21(23(20)15-32)18-7-10-22(24(28)12-18)19-13-25(29)27(31)26(30)14-19/h5-15H,2-4H2,1H3. The monoisotopic (exact) mass is 436 g/mol. The van der Waals surface area contributed by atoms with Crippen molar-refractivity contribution in [2.75, 3.05) is 0 Å². The van der Waals surface area contributed by atoms with Gasteiger partial charge in [0, 0.05) is 11.1 Å². The lowest BCUT2D eigenvalue weighted by Crippen LogP contribution is -1.95. The number of aldehydes is 1. The van der Waals surface area contributed by atoms with E-state index in [1.807, 2.05) is 18.2 Å². The van der Waals surface area contributed by atoms with Gasteiger partial charge in [-0.1, -0.05) is 55.8 Å². The molecule has 0 aliphatic carbocycles. The van der Waals surface area contributed by atoms with E-state index in [9.17, 15) is 22.4 Å². The van der Waals surface area contributed by atoms with Crippen LogP contribution in [0, 0.1) is 23.3 Å². The highest BCUT2D eigenvalue weighted by molar-refractivity contribution is 6.04. The van der Waals surface area contributed by atoms with E-state index in [0.717, 1.165) is 48.5 Å².